The number of ether oxygens (including phenoxy) is 2. The van der Waals surface area contributed by atoms with Crippen molar-refractivity contribution < 1.29 is 9.47 Å². The van der Waals surface area contributed by atoms with Crippen LogP contribution >= 0.6 is 35.3 Å². The summed E-state index contributed by atoms with van der Waals surface area (Å²) < 4.78 is 10.6. The van der Waals surface area contributed by atoms with Crippen LogP contribution in [0.4, 0.5) is 5.69 Å². The molecule has 0 saturated heterocycles. The topological polar surface area (TPSA) is 54.9 Å². The number of rotatable bonds is 6. The van der Waals surface area contributed by atoms with E-state index in [1.54, 1.807) is 25.6 Å². The van der Waals surface area contributed by atoms with Gasteiger partial charge in [0.15, 0.2) is 17.5 Å². The van der Waals surface area contributed by atoms with E-state index >= 15 is 0 Å². The van der Waals surface area contributed by atoms with Gasteiger partial charge in [0.25, 0.3) is 0 Å². The molecule has 2 N–H and O–H groups in total. The number of methoxy groups -OCH3 is 2. The van der Waals surface area contributed by atoms with Crippen LogP contribution in [0.3, 0.4) is 0 Å². The van der Waals surface area contributed by atoms with Crippen molar-refractivity contribution in [3.05, 3.63) is 40.6 Å². The first kappa shape index (κ1) is 19.6. The SMILES string of the molecule is CCNC(=NCc1ccsc1)Nc1ccc(OC)c(OC)c1.I. The molecule has 126 valence electrons. The van der Waals surface area contributed by atoms with Gasteiger partial charge in [0, 0.05) is 18.3 Å². The quantitative estimate of drug-likeness (QED) is 0.400. The number of benzene rings is 1. The highest BCUT2D eigenvalue weighted by molar-refractivity contribution is 14.0. The number of aliphatic imine (C=N–C) groups is 1. The molecule has 0 fully saturated rings. The second kappa shape index (κ2) is 10.3. The number of guanidine groups is 1. The van der Waals surface area contributed by atoms with Crippen LogP contribution in [-0.2, 0) is 6.54 Å². The fourth-order valence-electron chi connectivity index (χ4n) is 1.91. The maximum Gasteiger partial charge on any atom is 0.196 e. The third-order valence-electron chi connectivity index (χ3n) is 2.99. The predicted molar refractivity (Wildman–Crippen MR) is 108 cm³/mol. The molecule has 0 aliphatic rings. The summed E-state index contributed by atoms with van der Waals surface area (Å²) in [4.78, 5) is 4.58. The standard InChI is InChI=1S/C16H21N3O2S.HI/c1-4-17-16(18-10-12-7-8-22-11-12)19-13-5-6-14(20-2)15(9-13)21-3;/h5-9,11H,4,10H2,1-3H3,(H2,17,18,19);1H. The van der Waals surface area contributed by atoms with Gasteiger partial charge in [-0.25, -0.2) is 4.99 Å². The molecule has 0 aliphatic heterocycles. The van der Waals surface area contributed by atoms with Gasteiger partial charge < -0.3 is 20.1 Å². The highest BCUT2D eigenvalue weighted by Gasteiger charge is 2.06. The zero-order valence-corrected chi connectivity index (χ0v) is 16.6. The summed E-state index contributed by atoms with van der Waals surface area (Å²) in [6.07, 6.45) is 0. The molecule has 0 aliphatic carbocycles. The Morgan fingerprint density at radius 1 is 1.17 bits per heavy atom. The lowest BCUT2D eigenvalue weighted by molar-refractivity contribution is 0.355. The van der Waals surface area contributed by atoms with E-state index in [-0.39, 0.29) is 24.0 Å². The molecule has 2 rings (SSSR count). The van der Waals surface area contributed by atoms with Gasteiger partial charge in [-0.1, -0.05) is 0 Å². The van der Waals surface area contributed by atoms with Crippen molar-refractivity contribution in [1.82, 2.24) is 5.32 Å². The Morgan fingerprint density at radius 2 is 1.96 bits per heavy atom. The molecule has 0 amide bonds. The molecule has 7 heteroatoms. The summed E-state index contributed by atoms with van der Waals surface area (Å²) in [5.41, 5.74) is 2.09. The van der Waals surface area contributed by atoms with Gasteiger partial charge in [0.05, 0.1) is 20.8 Å². The Bertz CT molecular complexity index is 618. The van der Waals surface area contributed by atoms with E-state index in [0.29, 0.717) is 18.0 Å². The zero-order chi connectivity index (χ0) is 15.8. The molecule has 0 atom stereocenters. The first-order valence-corrected chi connectivity index (χ1v) is 7.99. The van der Waals surface area contributed by atoms with Crippen LogP contribution < -0.4 is 20.1 Å². The molecule has 23 heavy (non-hydrogen) atoms. The number of halogens is 1. The van der Waals surface area contributed by atoms with E-state index in [1.807, 2.05) is 25.1 Å². The Morgan fingerprint density at radius 3 is 2.57 bits per heavy atom. The van der Waals surface area contributed by atoms with Crippen LogP contribution in [0.15, 0.2) is 40.0 Å². The van der Waals surface area contributed by atoms with Crippen molar-refractivity contribution in [3.8, 4) is 11.5 Å². The van der Waals surface area contributed by atoms with E-state index in [0.717, 1.165) is 18.2 Å². The number of thiophene rings is 1. The predicted octanol–water partition coefficient (Wildman–Crippen LogP) is 3.96. The lowest BCUT2D eigenvalue weighted by Crippen LogP contribution is -2.30. The number of hydrogen-bond acceptors (Lipinski definition) is 4. The second-order valence-electron chi connectivity index (χ2n) is 4.52. The minimum absolute atomic E-state index is 0. The molecule has 1 aromatic heterocycles. The summed E-state index contributed by atoms with van der Waals surface area (Å²) in [6.45, 7) is 3.48. The molecule has 2 aromatic rings. The molecule has 0 spiro atoms. The molecule has 5 nitrogen and oxygen atoms in total. The third-order valence-corrected chi connectivity index (χ3v) is 3.72. The lowest BCUT2D eigenvalue weighted by Gasteiger charge is -2.13. The molecule has 1 aromatic carbocycles. The van der Waals surface area contributed by atoms with Gasteiger partial charge in [-0.05, 0) is 41.4 Å². The van der Waals surface area contributed by atoms with Crippen LogP contribution in [0.1, 0.15) is 12.5 Å². The molecule has 0 radical (unpaired) electrons. The monoisotopic (exact) mass is 447 g/mol. The Kier molecular flexibility index (Phi) is 8.78. The number of nitrogens with zero attached hydrogens (tertiary/aromatic N) is 1. The molecule has 0 unspecified atom stereocenters. The Hall–Kier alpha value is -1.48. The second-order valence-corrected chi connectivity index (χ2v) is 5.30. The highest BCUT2D eigenvalue weighted by Crippen LogP contribution is 2.29. The van der Waals surface area contributed by atoms with Crippen molar-refractivity contribution in [2.24, 2.45) is 4.99 Å². The van der Waals surface area contributed by atoms with E-state index in [9.17, 15) is 0 Å². The fraction of sp³-hybridized carbons (Fsp3) is 0.312. The molecule has 0 bridgehead atoms. The first-order chi connectivity index (χ1) is 10.8. The van der Waals surface area contributed by atoms with Gasteiger partial charge in [-0.15, -0.1) is 24.0 Å². The summed E-state index contributed by atoms with van der Waals surface area (Å²) in [5, 5.41) is 10.7. The number of anilines is 1. The van der Waals surface area contributed by atoms with E-state index < -0.39 is 0 Å². The molecule has 1 heterocycles. The third kappa shape index (κ3) is 5.91. The Balaban J connectivity index is 0.00000264. The maximum atomic E-state index is 5.31. The van der Waals surface area contributed by atoms with Crippen LogP contribution in [0.2, 0.25) is 0 Å². The van der Waals surface area contributed by atoms with Crippen LogP contribution in [-0.4, -0.2) is 26.7 Å². The minimum atomic E-state index is 0. The molecular formula is C16H22IN3O2S. The van der Waals surface area contributed by atoms with Crippen molar-refractivity contribution in [2.75, 3.05) is 26.1 Å². The van der Waals surface area contributed by atoms with Gasteiger partial charge in [-0.3, -0.25) is 0 Å². The van der Waals surface area contributed by atoms with Gasteiger partial charge in [0.1, 0.15) is 0 Å². The average molecular weight is 447 g/mol. The van der Waals surface area contributed by atoms with E-state index in [4.69, 9.17) is 9.47 Å². The normalized spacial score (nSPS) is 10.7. The van der Waals surface area contributed by atoms with Crippen molar-refractivity contribution in [1.29, 1.82) is 0 Å². The highest BCUT2D eigenvalue weighted by atomic mass is 127. The van der Waals surface area contributed by atoms with Gasteiger partial charge >= 0.3 is 0 Å². The fourth-order valence-corrected chi connectivity index (χ4v) is 2.57. The van der Waals surface area contributed by atoms with Crippen molar-refractivity contribution in [3.63, 3.8) is 0 Å². The first-order valence-electron chi connectivity index (χ1n) is 7.05. The summed E-state index contributed by atoms with van der Waals surface area (Å²) in [6, 6.07) is 7.76. The van der Waals surface area contributed by atoms with Gasteiger partial charge in [0.2, 0.25) is 0 Å². The maximum absolute atomic E-state index is 5.31. The number of hydrogen-bond donors (Lipinski definition) is 2. The minimum Gasteiger partial charge on any atom is -0.493 e. The van der Waals surface area contributed by atoms with Crippen molar-refractivity contribution >= 4 is 47.0 Å². The van der Waals surface area contributed by atoms with Crippen LogP contribution in [0.5, 0.6) is 11.5 Å². The van der Waals surface area contributed by atoms with Crippen LogP contribution in [0.25, 0.3) is 0 Å². The van der Waals surface area contributed by atoms with E-state index in [1.165, 1.54) is 5.56 Å². The number of nitrogens with one attached hydrogen (secondary N) is 2. The van der Waals surface area contributed by atoms with Gasteiger partial charge in [-0.2, -0.15) is 11.3 Å². The molecule has 0 saturated carbocycles. The van der Waals surface area contributed by atoms with Crippen LogP contribution in [0, 0.1) is 0 Å². The Labute approximate surface area is 158 Å². The summed E-state index contributed by atoms with van der Waals surface area (Å²) in [5.74, 6) is 2.12. The zero-order valence-electron chi connectivity index (χ0n) is 13.5. The lowest BCUT2D eigenvalue weighted by atomic mass is 10.2. The average Bonchev–Trinajstić information content (AvgIpc) is 3.06. The van der Waals surface area contributed by atoms with Crippen molar-refractivity contribution in [2.45, 2.75) is 13.5 Å². The molecular weight excluding hydrogens is 425 g/mol. The summed E-state index contributed by atoms with van der Waals surface area (Å²) >= 11 is 1.68. The smallest absolute Gasteiger partial charge is 0.196 e. The largest absolute Gasteiger partial charge is 0.493 e. The van der Waals surface area contributed by atoms with E-state index in [2.05, 4.69) is 32.5 Å². The summed E-state index contributed by atoms with van der Waals surface area (Å²) in [7, 11) is 3.24.